The number of aliphatic hydroxyl groups is 1. The predicted octanol–water partition coefficient (Wildman–Crippen LogP) is 5.22. The molecule has 0 radical (unpaired) electrons. The van der Waals surface area contributed by atoms with Gasteiger partial charge in [-0.05, 0) is 67.0 Å². The summed E-state index contributed by atoms with van der Waals surface area (Å²) >= 11 is 0. The van der Waals surface area contributed by atoms with Gasteiger partial charge >= 0.3 is 0 Å². The summed E-state index contributed by atoms with van der Waals surface area (Å²) in [5, 5.41) is 10.7. The third-order valence-electron chi connectivity index (χ3n) is 7.36. The van der Waals surface area contributed by atoms with Gasteiger partial charge in [0.15, 0.2) is 8.32 Å². The van der Waals surface area contributed by atoms with E-state index in [0.29, 0.717) is 17.3 Å². The summed E-state index contributed by atoms with van der Waals surface area (Å²) in [7, 11) is -1.65. The first-order chi connectivity index (χ1) is 9.99. The van der Waals surface area contributed by atoms with Gasteiger partial charge in [0.25, 0.3) is 0 Å². The lowest BCUT2D eigenvalue weighted by Crippen LogP contribution is -2.45. The molecule has 2 saturated carbocycles. The molecule has 0 spiro atoms. The second-order valence-electron chi connectivity index (χ2n) is 9.80. The molecule has 0 bridgehead atoms. The third kappa shape index (κ3) is 3.32. The van der Waals surface area contributed by atoms with Crippen molar-refractivity contribution in [2.24, 2.45) is 23.2 Å². The Kier molecular flexibility index (Phi) is 5.22. The first-order valence-corrected chi connectivity index (χ1v) is 12.2. The Bertz CT molecular complexity index is 387. The Labute approximate surface area is 139 Å². The molecule has 0 aromatic heterocycles. The lowest BCUT2D eigenvalue weighted by Gasteiger charge is -2.46. The summed E-state index contributed by atoms with van der Waals surface area (Å²) in [6, 6.07) is 0. The Morgan fingerprint density at radius 2 is 1.86 bits per heavy atom. The van der Waals surface area contributed by atoms with Crippen LogP contribution in [0.15, 0.2) is 0 Å². The number of aliphatic hydroxyl groups excluding tert-OH is 1. The van der Waals surface area contributed by atoms with Gasteiger partial charge in [0.2, 0.25) is 0 Å². The van der Waals surface area contributed by atoms with E-state index in [-0.39, 0.29) is 11.1 Å². The molecule has 0 aromatic carbocycles. The molecule has 3 heteroatoms. The minimum absolute atomic E-state index is 0.0581. The Hall–Kier alpha value is 0.137. The van der Waals surface area contributed by atoms with E-state index in [1.54, 1.807) is 0 Å². The first kappa shape index (κ1) is 18.5. The Morgan fingerprint density at radius 1 is 1.23 bits per heavy atom. The van der Waals surface area contributed by atoms with Crippen molar-refractivity contribution in [1.82, 2.24) is 0 Å². The third-order valence-corrected chi connectivity index (χ3v) is 11.9. The van der Waals surface area contributed by atoms with E-state index >= 15 is 0 Å². The molecule has 2 rings (SSSR count). The van der Waals surface area contributed by atoms with Crippen LogP contribution in [-0.2, 0) is 4.43 Å². The molecule has 22 heavy (non-hydrogen) atoms. The maximum Gasteiger partial charge on any atom is 0.191 e. The van der Waals surface area contributed by atoms with Gasteiger partial charge in [-0.2, -0.15) is 0 Å². The quantitative estimate of drug-likeness (QED) is 0.718. The zero-order valence-electron chi connectivity index (χ0n) is 15.9. The van der Waals surface area contributed by atoms with E-state index in [9.17, 15) is 5.11 Å². The van der Waals surface area contributed by atoms with E-state index in [1.807, 2.05) is 0 Å². The van der Waals surface area contributed by atoms with Crippen molar-refractivity contribution in [3.05, 3.63) is 0 Å². The number of fused-ring (bicyclic) bond motifs is 1. The molecule has 2 aliphatic rings. The normalized spacial score (nSPS) is 37.9. The molecule has 0 saturated heterocycles. The predicted molar refractivity (Wildman–Crippen MR) is 96.5 cm³/mol. The molecule has 2 aliphatic carbocycles. The van der Waals surface area contributed by atoms with Crippen LogP contribution in [0, 0.1) is 23.2 Å². The zero-order valence-corrected chi connectivity index (χ0v) is 16.9. The van der Waals surface area contributed by atoms with E-state index < -0.39 is 8.32 Å². The highest BCUT2D eigenvalue weighted by atomic mass is 28.4. The smallest absolute Gasteiger partial charge is 0.191 e. The van der Waals surface area contributed by atoms with Crippen LogP contribution >= 0.6 is 0 Å². The fraction of sp³-hybridized carbons (Fsp3) is 1.00. The van der Waals surface area contributed by atoms with Gasteiger partial charge in [-0.25, -0.2) is 0 Å². The monoisotopic (exact) mass is 326 g/mol. The lowest BCUT2D eigenvalue weighted by atomic mass is 9.62. The summed E-state index contributed by atoms with van der Waals surface area (Å²) in [5.41, 5.74) is 0.341. The maximum atomic E-state index is 10.4. The van der Waals surface area contributed by atoms with Crippen molar-refractivity contribution in [3.63, 3.8) is 0 Å². The van der Waals surface area contributed by atoms with E-state index in [1.165, 1.54) is 25.7 Å². The van der Waals surface area contributed by atoms with Gasteiger partial charge in [-0.1, -0.05) is 41.0 Å². The average Bonchev–Trinajstić information content (AvgIpc) is 2.73. The van der Waals surface area contributed by atoms with Crippen LogP contribution in [-0.4, -0.2) is 26.1 Å². The minimum atomic E-state index is -1.65. The molecule has 2 nitrogen and oxygen atoms in total. The molecule has 5 atom stereocenters. The van der Waals surface area contributed by atoms with E-state index in [0.717, 1.165) is 18.9 Å². The Balaban J connectivity index is 2.00. The second kappa shape index (κ2) is 6.21. The van der Waals surface area contributed by atoms with Gasteiger partial charge in [0, 0.05) is 6.61 Å². The molecule has 5 unspecified atom stereocenters. The summed E-state index contributed by atoms with van der Waals surface area (Å²) in [6.07, 6.45) is 5.94. The van der Waals surface area contributed by atoms with Crippen LogP contribution in [0.1, 0.15) is 66.7 Å². The molecule has 0 heterocycles. The van der Waals surface area contributed by atoms with Gasteiger partial charge in [0.05, 0.1) is 6.10 Å². The maximum absolute atomic E-state index is 10.4. The Morgan fingerprint density at radius 3 is 2.45 bits per heavy atom. The highest BCUT2D eigenvalue weighted by Gasteiger charge is 2.52. The van der Waals surface area contributed by atoms with E-state index in [2.05, 4.69) is 47.7 Å². The summed E-state index contributed by atoms with van der Waals surface area (Å²) in [5.74, 6) is 1.85. The SMILES string of the molecule is CC(CO[Si](C)(C)C(C)(C)C)C1CCC2C(O)CCCC12C. The van der Waals surface area contributed by atoms with Crippen LogP contribution in [0.5, 0.6) is 0 Å². The minimum Gasteiger partial charge on any atom is -0.417 e. The molecule has 1 N–H and O–H groups in total. The summed E-state index contributed by atoms with van der Waals surface area (Å²) in [6.45, 7) is 17.4. The van der Waals surface area contributed by atoms with Crippen molar-refractivity contribution in [3.8, 4) is 0 Å². The average molecular weight is 327 g/mol. The first-order valence-electron chi connectivity index (χ1n) is 9.31. The van der Waals surface area contributed by atoms with Gasteiger partial charge < -0.3 is 9.53 Å². The zero-order chi connectivity index (χ0) is 16.8. The number of hydrogen-bond donors (Lipinski definition) is 1. The standard InChI is InChI=1S/C19H38O2Si/c1-14(13-21-22(6,7)18(2,3)4)15-10-11-16-17(20)9-8-12-19(15,16)5/h14-17,20H,8-13H2,1-7H3. The fourth-order valence-electron chi connectivity index (χ4n) is 4.80. The summed E-state index contributed by atoms with van der Waals surface area (Å²) < 4.78 is 6.50. The van der Waals surface area contributed by atoms with Crippen molar-refractivity contribution >= 4 is 8.32 Å². The van der Waals surface area contributed by atoms with E-state index in [4.69, 9.17) is 4.43 Å². The number of rotatable bonds is 4. The van der Waals surface area contributed by atoms with Gasteiger partial charge in [-0.15, -0.1) is 0 Å². The highest BCUT2D eigenvalue weighted by molar-refractivity contribution is 6.74. The van der Waals surface area contributed by atoms with Crippen molar-refractivity contribution in [1.29, 1.82) is 0 Å². The van der Waals surface area contributed by atoms with Crippen LogP contribution in [0.3, 0.4) is 0 Å². The van der Waals surface area contributed by atoms with Crippen molar-refractivity contribution in [2.75, 3.05) is 6.61 Å². The molecular weight excluding hydrogens is 288 g/mol. The fourth-order valence-corrected chi connectivity index (χ4v) is 5.91. The van der Waals surface area contributed by atoms with Gasteiger partial charge in [-0.3, -0.25) is 0 Å². The van der Waals surface area contributed by atoms with Crippen LogP contribution in [0.25, 0.3) is 0 Å². The molecule has 130 valence electrons. The highest BCUT2D eigenvalue weighted by Crippen LogP contribution is 2.57. The number of hydrogen-bond acceptors (Lipinski definition) is 2. The molecule has 0 aliphatic heterocycles. The lowest BCUT2D eigenvalue weighted by molar-refractivity contribution is -0.0314. The van der Waals surface area contributed by atoms with Crippen LogP contribution in [0.4, 0.5) is 0 Å². The molecular formula is C19H38O2Si. The van der Waals surface area contributed by atoms with Crippen molar-refractivity contribution in [2.45, 2.75) is 91.0 Å². The molecule has 0 aromatic rings. The second-order valence-corrected chi connectivity index (χ2v) is 14.6. The van der Waals surface area contributed by atoms with Gasteiger partial charge in [0.1, 0.15) is 0 Å². The largest absolute Gasteiger partial charge is 0.417 e. The van der Waals surface area contributed by atoms with Crippen LogP contribution < -0.4 is 0 Å². The topological polar surface area (TPSA) is 29.5 Å². The summed E-state index contributed by atoms with van der Waals surface area (Å²) in [4.78, 5) is 0. The molecule has 2 fully saturated rings. The van der Waals surface area contributed by atoms with Crippen molar-refractivity contribution < 1.29 is 9.53 Å². The molecule has 0 amide bonds. The van der Waals surface area contributed by atoms with Crippen LogP contribution in [0.2, 0.25) is 18.1 Å².